The van der Waals surface area contributed by atoms with Gasteiger partial charge in [0.1, 0.15) is 0 Å². The van der Waals surface area contributed by atoms with Crippen molar-refractivity contribution in [1.29, 1.82) is 0 Å². The lowest BCUT2D eigenvalue weighted by atomic mass is 9.97. The summed E-state index contributed by atoms with van der Waals surface area (Å²) in [6, 6.07) is 0.113. The first kappa shape index (κ1) is 14.3. The molecule has 0 bridgehead atoms. The molecule has 2 fully saturated rings. The summed E-state index contributed by atoms with van der Waals surface area (Å²) in [7, 11) is 0. The van der Waals surface area contributed by atoms with Crippen molar-refractivity contribution in [2.75, 3.05) is 32.7 Å². The quantitative estimate of drug-likeness (QED) is 0.698. The van der Waals surface area contributed by atoms with E-state index >= 15 is 0 Å². The van der Waals surface area contributed by atoms with Gasteiger partial charge in [-0.2, -0.15) is 0 Å². The summed E-state index contributed by atoms with van der Waals surface area (Å²) in [5.41, 5.74) is 5.97. The molecule has 0 aromatic rings. The van der Waals surface area contributed by atoms with E-state index < -0.39 is 0 Å². The molecule has 6 nitrogen and oxygen atoms in total. The molecule has 0 radical (unpaired) electrons. The van der Waals surface area contributed by atoms with Crippen molar-refractivity contribution >= 4 is 11.8 Å². The fraction of sp³-hybridized carbons (Fsp3) is 0.846. The van der Waals surface area contributed by atoms with Crippen molar-refractivity contribution in [2.45, 2.75) is 38.3 Å². The maximum Gasteiger partial charge on any atom is 0.242 e. The van der Waals surface area contributed by atoms with Crippen LogP contribution in [0.3, 0.4) is 0 Å². The van der Waals surface area contributed by atoms with Crippen molar-refractivity contribution < 1.29 is 9.59 Å². The van der Waals surface area contributed by atoms with Crippen LogP contribution in [0.15, 0.2) is 0 Å². The first-order valence-corrected chi connectivity index (χ1v) is 7.13. The van der Waals surface area contributed by atoms with Crippen LogP contribution in [-0.2, 0) is 9.59 Å². The standard InChI is InChI=1S/C13H24N4O2/c1-10(14)11-4-2-3-6-17(11)13(19)9-16-7-5-15-8-12(16)18/h10-11,15H,2-9,14H2,1H3/t10-,11+/m0/s1. The van der Waals surface area contributed by atoms with Gasteiger partial charge < -0.3 is 20.9 Å². The molecule has 2 amide bonds. The molecule has 2 aliphatic heterocycles. The molecule has 0 unspecified atom stereocenters. The monoisotopic (exact) mass is 268 g/mol. The Labute approximate surface area is 114 Å². The molecule has 2 atom stereocenters. The zero-order valence-electron chi connectivity index (χ0n) is 11.6. The number of amides is 2. The number of piperidine rings is 1. The van der Waals surface area contributed by atoms with Crippen LogP contribution in [0.1, 0.15) is 26.2 Å². The number of nitrogens with two attached hydrogens (primary N) is 1. The number of rotatable bonds is 3. The first-order valence-electron chi connectivity index (χ1n) is 7.13. The van der Waals surface area contributed by atoms with Gasteiger partial charge in [-0.15, -0.1) is 0 Å². The molecular weight excluding hydrogens is 244 g/mol. The van der Waals surface area contributed by atoms with Crippen molar-refractivity contribution in [1.82, 2.24) is 15.1 Å². The van der Waals surface area contributed by atoms with E-state index in [0.717, 1.165) is 32.4 Å². The largest absolute Gasteiger partial charge is 0.337 e. The number of piperazine rings is 1. The summed E-state index contributed by atoms with van der Waals surface area (Å²) in [6.45, 7) is 4.63. The van der Waals surface area contributed by atoms with Crippen LogP contribution in [0.5, 0.6) is 0 Å². The summed E-state index contributed by atoms with van der Waals surface area (Å²) in [4.78, 5) is 27.6. The van der Waals surface area contributed by atoms with Crippen molar-refractivity contribution in [3.63, 3.8) is 0 Å². The molecule has 0 saturated carbocycles. The van der Waals surface area contributed by atoms with Crippen LogP contribution in [0, 0.1) is 0 Å². The fourth-order valence-corrected chi connectivity index (χ4v) is 2.88. The predicted molar refractivity (Wildman–Crippen MR) is 72.5 cm³/mol. The van der Waals surface area contributed by atoms with E-state index in [2.05, 4.69) is 5.32 Å². The Kier molecular flexibility index (Phi) is 4.76. The Bertz CT molecular complexity index is 346. The second-order valence-electron chi connectivity index (χ2n) is 5.50. The van der Waals surface area contributed by atoms with E-state index in [1.54, 1.807) is 4.90 Å². The minimum Gasteiger partial charge on any atom is -0.337 e. The third-order valence-electron chi connectivity index (χ3n) is 3.99. The van der Waals surface area contributed by atoms with Gasteiger partial charge >= 0.3 is 0 Å². The highest BCUT2D eigenvalue weighted by atomic mass is 16.2. The molecule has 0 aliphatic carbocycles. The molecule has 2 aliphatic rings. The molecule has 3 N–H and O–H groups in total. The molecule has 0 aromatic heterocycles. The van der Waals surface area contributed by atoms with E-state index in [1.165, 1.54) is 0 Å². The van der Waals surface area contributed by atoms with Gasteiger partial charge in [-0.05, 0) is 26.2 Å². The highest BCUT2D eigenvalue weighted by Gasteiger charge is 2.31. The number of nitrogens with zero attached hydrogens (tertiary/aromatic N) is 2. The van der Waals surface area contributed by atoms with Crippen LogP contribution >= 0.6 is 0 Å². The van der Waals surface area contributed by atoms with Crippen LogP contribution in [0.4, 0.5) is 0 Å². The lowest BCUT2D eigenvalue weighted by Crippen LogP contribution is -2.56. The Balaban J connectivity index is 1.95. The van der Waals surface area contributed by atoms with Crippen molar-refractivity contribution in [3.05, 3.63) is 0 Å². The molecule has 108 valence electrons. The average molecular weight is 268 g/mol. The molecule has 2 rings (SSSR count). The normalized spacial score (nSPS) is 26.4. The van der Waals surface area contributed by atoms with Gasteiger partial charge in [0, 0.05) is 31.7 Å². The van der Waals surface area contributed by atoms with Gasteiger partial charge in [-0.25, -0.2) is 0 Å². The summed E-state index contributed by atoms with van der Waals surface area (Å²) < 4.78 is 0. The molecule has 0 aromatic carbocycles. The average Bonchev–Trinajstić information content (AvgIpc) is 2.41. The Morgan fingerprint density at radius 3 is 2.95 bits per heavy atom. The van der Waals surface area contributed by atoms with Crippen LogP contribution in [0.2, 0.25) is 0 Å². The minimum absolute atomic E-state index is 0.00829. The Hall–Kier alpha value is -1.14. The third-order valence-corrected chi connectivity index (χ3v) is 3.99. The van der Waals surface area contributed by atoms with E-state index in [4.69, 9.17) is 5.73 Å². The lowest BCUT2D eigenvalue weighted by Gasteiger charge is -2.39. The maximum absolute atomic E-state index is 12.4. The van der Waals surface area contributed by atoms with Gasteiger partial charge in [0.05, 0.1) is 13.1 Å². The topological polar surface area (TPSA) is 78.7 Å². The highest BCUT2D eigenvalue weighted by Crippen LogP contribution is 2.19. The molecule has 6 heteroatoms. The van der Waals surface area contributed by atoms with Crippen LogP contribution in [-0.4, -0.2) is 66.4 Å². The molecule has 0 spiro atoms. The van der Waals surface area contributed by atoms with E-state index in [-0.39, 0.29) is 30.4 Å². The lowest BCUT2D eigenvalue weighted by molar-refractivity contribution is -0.143. The summed E-state index contributed by atoms with van der Waals surface area (Å²) in [5.74, 6) is 0.0474. The number of hydrogen-bond donors (Lipinski definition) is 2. The molecule has 19 heavy (non-hydrogen) atoms. The van der Waals surface area contributed by atoms with Crippen molar-refractivity contribution in [2.24, 2.45) is 5.73 Å². The predicted octanol–water partition coefficient (Wildman–Crippen LogP) is -0.853. The van der Waals surface area contributed by atoms with E-state index in [9.17, 15) is 9.59 Å². The van der Waals surface area contributed by atoms with E-state index in [1.807, 2.05) is 11.8 Å². The fourth-order valence-electron chi connectivity index (χ4n) is 2.88. The summed E-state index contributed by atoms with van der Waals surface area (Å²) in [5, 5.41) is 3.01. The third kappa shape index (κ3) is 3.45. The van der Waals surface area contributed by atoms with Gasteiger partial charge in [0.15, 0.2) is 0 Å². The highest BCUT2D eigenvalue weighted by molar-refractivity contribution is 5.86. The second kappa shape index (κ2) is 6.34. The number of hydrogen-bond acceptors (Lipinski definition) is 4. The number of carbonyl (C=O) groups excluding carboxylic acids is 2. The van der Waals surface area contributed by atoms with Crippen molar-refractivity contribution in [3.8, 4) is 0 Å². The van der Waals surface area contributed by atoms with Gasteiger partial charge in [0.2, 0.25) is 11.8 Å². The zero-order chi connectivity index (χ0) is 13.8. The number of carbonyl (C=O) groups is 2. The van der Waals surface area contributed by atoms with Crippen LogP contribution in [0.25, 0.3) is 0 Å². The smallest absolute Gasteiger partial charge is 0.242 e. The molecular formula is C13H24N4O2. The second-order valence-corrected chi connectivity index (χ2v) is 5.50. The summed E-state index contributed by atoms with van der Waals surface area (Å²) >= 11 is 0. The molecule has 2 saturated heterocycles. The zero-order valence-corrected chi connectivity index (χ0v) is 11.6. The SMILES string of the molecule is C[C@H](N)[C@H]1CCCCN1C(=O)CN1CCNCC1=O. The Morgan fingerprint density at radius 2 is 2.26 bits per heavy atom. The molecule has 2 heterocycles. The number of likely N-dealkylation sites (tertiary alicyclic amines) is 1. The van der Waals surface area contributed by atoms with Gasteiger partial charge in [-0.1, -0.05) is 0 Å². The van der Waals surface area contributed by atoms with Gasteiger partial charge in [0.25, 0.3) is 0 Å². The Morgan fingerprint density at radius 1 is 1.47 bits per heavy atom. The summed E-state index contributed by atoms with van der Waals surface area (Å²) in [6.07, 6.45) is 3.13. The first-order chi connectivity index (χ1) is 9.09. The minimum atomic E-state index is -0.0111. The van der Waals surface area contributed by atoms with Crippen LogP contribution < -0.4 is 11.1 Å². The number of nitrogens with one attached hydrogen (secondary N) is 1. The maximum atomic E-state index is 12.4. The van der Waals surface area contributed by atoms with E-state index in [0.29, 0.717) is 13.1 Å². The van der Waals surface area contributed by atoms with Gasteiger partial charge in [-0.3, -0.25) is 9.59 Å².